The van der Waals surface area contributed by atoms with Gasteiger partial charge in [-0.3, -0.25) is 4.90 Å². The Balaban J connectivity index is 2.46. The molecule has 1 fully saturated rings. The van der Waals surface area contributed by atoms with E-state index in [9.17, 15) is 0 Å². The van der Waals surface area contributed by atoms with Gasteiger partial charge in [0.25, 0.3) is 0 Å². The Morgan fingerprint density at radius 1 is 1.21 bits per heavy atom. The van der Waals surface area contributed by atoms with Crippen LogP contribution in [0.25, 0.3) is 0 Å². The van der Waals surface area contributed by atoms with Crippen molar-refractivity contribution >= 4 is 0 Å². The maximum absolute atomic E-state index is 5.85. The van der Waals surface area contributed by atoms with Crippen molar-refractivity contribution in [3.63, 3.8) is 0 Å². The summed E-state index contributed by atoms with van der Waals surface area (Å²) in [6.45, 7) is 12.6. The summed E-state index contributed by atoms with van der Waals surface area (Å²) in [5.74, 6) is 2.45. The van der Waals surface area contributed by atoms with Crippen molar-refractivity contribution < 1.29 is 0 Å². The maximum atomic E-state index is 5.85. The quantitative estimate of drug-likeness (QED) is 0.748. The zero-order valence-electron chi connectivity index (χ0n) is 10.2. The van der Waals surface area contributed by atoms with Crippen molar-refractivity contribution in [1.82, 2.24) is 4.90 Å². The third kappa shape index (κ3) is 2.96. The molecule has 0 aromatic heterocycles. The van der Waals surface area contributed by atoms with Crippen LogP contribution >= 0.6 is 0 Å². The SMILES string of the molecule is CC(C)CC(CN)N1CC(C)C(C)C1. The molecule has 0 amide bonds. The van der Waals surface area contributed by atoms with Crippen molar-refractivity contribution in [3.05, 3.63) is 0 Å². The largest absolute Gasteiger partial charge is 0.329 e. The Morgan fingerprint density at radius 3 is 2.07 bits per heavy atom. The number of hydrogen-bond acceptors (Lipinski definition) is 2. The van der Waals surface area contributed by atoms with Crippen LogP contribution in [0, 0.1) is 17.8 Å². The Bertz CT molecular complexity index is 155. The average Bonchev–Trinajstić information content (AvgIpc) is 2.42. The van der Waals surface area contributed by atoms with Crippen molar-refractivity contribution in [2.75, 3.05) is 19.6 Å². The first-order chi connectivity index (χ1) is 6.54. The third-order valence-electron chi connectivity index (χ3n) is 3.55. The second kappa shape index (κ2) is 5.13. The third-order valence-corrected chi connectivity index (χ3v) is 3.55. The molecule has 0 spiro atoms. The molecule has 1 rings (SSSR count). The summed E-state index contributed by atoms with van der Waals surface area (Å²) >= 11 is 0. The Kier molecular flexibility index (Phi) is 4.39. The van der Waals surface area contributed by atoms with Crippen molar-refractivity contribution in [2.24, 2.45) is 23.5 Å². The molecule has 3 unspecified atom stereocenters. The molecular formula is C12H26N2. The number of nitrogens with two attached hydrogens (primary N) is 1. The lowest BCUT2D eigenvalue weighted by atomic mass is 10.0. The smallest absolute Gasteiger partial charge is 0.0221 e. The molecule has 2 heteroatoms. The van der Waals surface area contributed by atoms with Crippen LogP contribution in [0.5, 0.6) is 0 Å². The van der Waals surface area contributed by atoms with Crippen LogP contribution in [-0.2, 0) is 0 Å². The lowest BCUT2D eigenvalue weighted by Gasteiger charge is -2.28. The Morgan fingerprint density at radius 2 is 1.71 bits per heavy atom. The first-order valence-electron chi connectivity index (χ1n) is 5.98. The van der Waals surface area contributed by atoms with Gasteiger partial charge < -0.3 is 5.73 Å². The van der Waals surface area contributed by atoms with E-state index < -0.39 is 0 Å². The van der Waals surface area contributed by atoms with Gasteiger partial charge in [0.15, 0.2) is 0 Å². The molecule has 0 radical (unpaired) electrons. The normalized spacial score (nSPS) is 31.3. The molecule has 2 N–H and O–H groups in total. The summed E-state index contributed by atoms with van der Waals surface area (Å²) < 4.78 is 0. The first kappa shape index (κ1) is 12.0. The van der Waals surface area contributed by atoms with E-state index in [1.807, 2.05) is 0 Å². The van der Waals surface area contributed by atoms with Gasteiger partial charge in [-0.05, 0) is 24.2 Å². The van der Waals surface area contributed by atoms with Crippen LogP contribution in [0.3, 0.4) is 0 Å². The number of likely N-dealkylation sites (tertiary alicyclic amines) is 1. The molecule has 1 saturated heterocycles. The standard InChI is InChI=1S/C12H26N2/c1-9(2)5-12(6-13)14-7-10(3)11(4)8-14/h9-12H,5-8,13H2,1-4H3. The van der Waals surface area contributed by atoms with E-state index in [0.29, 0.717) is 6.04 Å². The number of hydrogen-bond donors (Lipinski definition) is 1. The molecule has 2 nitrogen and oxygen atoms in total. The minimum absolute atomic E-state index is 0.613. The summed E-state index contributed by atoms with van der Waals surface area (Å²) in [5, 5.41) is 0. The minimum Gasteiger partial charge on any atom is -0.329 e. The summed E-state index contributed by atoms with van der Waals surface area (Å²) in [7, 11) is 0. The molecule has 0 aromatic rings. The summed E-state index contributed by atoms with van der Waals surface area (Å²) in [5.41, 5.74) is 5.85. The van der Waals surface area contributed by atoms with Gasteiger partial charge >= 0.3 is 0 Å². The molecule has 1 aliphatic heterocycles. The van der Waals surface area contributed by atoms with Crippen LogP contribution < -0.4 is 5.73 Å². The minimum atomic E-state index is 0.613. The van der Waals surface area contributed by atoms with E-state index in [1.54, 1.807) is 0 Å². The van der Waals surface area contributed by atoms with Gasteiger partial charge in [-0.15, -0.1) is 0 Å². The van der Waals surface area contributed by atoms with Crippen LogP contribution in [-0.4, -0.2) is 30.6 Å². The Hall–Kier alpha value is -0.0800. The lowest BCUT2D eigenvalue weighted by molar-refractivity contribution is 0.209. The molecule has 0 aromatic carbocycles. The fourth-order valence-corrected chi connectivity index (χ4v) is 2.41. The van der Waals surface area contributed by atoms with E-state index >= 15 is 0 Å². The second-order valence-corrected chi connectivity index (χ2v) is 5.43. The molecule has 0 bridgehead atoms. The van der Waals surface area contributed by atoms with Gasteiger partial charge in [0.1, 0.15) is 0 Å². The van der Waals surface area contributed by atoms with E-state index in [1.165, 1.54) is 19.5 Å². The van der Waals surface area contributed by atoms with Crippen LogP contribution in [0.4, 0.5) is 0 Å². The van der Waals surface area contributed by atoms with E-state index in [2.05, 4.69) is 32.6 Å². The topological polar surface area (TPSA) is 29.3 Å². The monoisotopic (exact) mass is 198 g/mol. The molecule has 14 heavy (non-hydrogen) atoms. The van der Waals surface area contributed by atoms with Crippen LogP contribution in [0.15, 0.2) is 0 Å². The highest BCUT2D eigenvalue weighted by molar-refractivity contribution is 4.84. The van der Waals surface area contributed by atoms with Gasteiger partial charge in [0.05, 0.1) is 0 Å². The van der Waals surface area contributed by atoms with Crippen molar-refractivity contribution in [1.29, 1.82) is 0 Å². The van der Waals surface area contributed by atoms with Crippen molar-refractivity contribution in [2.45, 2.75) is 40.2 Å². The maximum Gasteiger partial charge on any atom is 0.0221 e. The van der Waals surface area contributed by atoms with Crippen molar-refractivity contribution in [3.8, 4) is 0 Å². The van der Waals surface area contributed by atoms with Gasteiger partial charge in [-0.25, -0.2) is 0 Å². The highest BCUT2D eigenvalue weighted by Gasteiger charge is 2.30. The summed E-state index contributed by atoms with van der Waals surface area (Å²) in [6, 6.07) is 0.613. The van der Waals surface area contributed by atoms with E-state index in [4.69, 9.17) is 5.73 Å². The predicted molar refractivity (Wildman–Crippen MR) is 62.2 cm³/mol. The van der Waals surface area contributed by atoms with Crippen LogP contribution in [0.2, 0.25) is 0 Å². The van der Waals surface area contributed by atoms with Gasteiger partial charge in [0.2, 0.25) is 0 Å². The van der Waals surface area contributed by atoms with Crippen LogP contribution in [0.1, 0.15) is 34.1 Å². The zero-order chi connectivity index (χ0) is 10.7. The fourth-order valence-electron chi connectivity index (χ4n) is 2.41. The summed E-state index contributed by atoms with van der Waals surface area (Å²) in [4.78, 5) is 2.59. The molecule has 3 atom stereocenters. The van der Waals surface area contributed by atoms with Gasteiger partial charge in [-0.2, -0.15) is 0 Å². The fraction of sp³-hybridized carbons (Fsp3) is 1.00. The van der Waals surface area contributed by atoms with Gasteiger partial charge in [-0.1, -0.05) is 27.7 Å². The highest BCUT2D eigenvalue weighted by Crippen LogP contribution is 2.25. The number of rotatable bonds is 4. The molecule has 1 aliphatic rings. The lowest BCUT2D eigenvalue weighted by Crippen LogP contribution is -2.40. The average molecular weight is 198 g/mol. The van der Waals surface area contributed by atoms with Gasteiger partial charge in [0, 0.05) is 25.7 Å². The highest BCUT2D eigenvalue weighted by atomic mass is 15.2. The number of nitrogens with zero attached hydrogens (tertiary/aromatic N) is 1. The Labute approximate surface area is 88.8 Å². The predicted octanol–water partition coefficient (Wildman–Crippen LogP) is 1.95. The summed E-state index contributed by atoms with van der Waals surface area (Å²) in [6.07, 6.45) is 1.25. The molecule has 0 aliphatic carbocycles. The molecule has 84 valence electrons. The van der Waals surface area contributed by atoms with E-state index in [-0.39, 0.29) is 0 Å². The van der Waals surface area contributed by atoms with E-state index in [0.717, 1.165) is 24.3 Å². The molecular weight excluding hydrogens is 172 g/mol. The second-order valence-electron chi connectivity index (χ2n) is 5.43. The zero-order valence-corrected chi connectivity index (χ0v) is 10.2. The first-order valence-corrected chi connectivity index (χ1v) is 5.98. The molecule has 0 saturated carbocycles. The molecule has 1 heterocycles.